The van der Waals surface area contributed by atoms with Gasteiger partial charge in [-0.25, -0.2) is 0 Å². The van der Waals surface area contributed by atoms with Crippen LogP contribution in [0.1, 0.15) is 18.5 Å². The van der Waals surface area contributed by atoms with E-state index < -0.39 is 5.91 Å². The normalized spacial score (nSPS) is 11.5. The molecule has 0 saturated heterocycles. The fourth-order valence-corrected chi connectivity index (χ4v) is 2.72. The van der Waals surface area contributed by atoms with Crippen LogP contribution in [-0.4, -0.2) is 23.3 Å². The number of primary amides is 1. The van der Waals surface area contributed by atoms with Crippen molar-refractivity contribution >= 4 is 23.6 Å². The van der Waals surface area contributed by atoms with Gasteiger partial charge in [-0.15, -0.1) is 11.8 Å². The van der Waals surface area contributed by atoms with Crippen LogP contribution in [0.4, 0.5) is 0 Å². The van der Waals surface area contributed by atoms with Crippen molar-refractivity contribution in [2.45, 2.75) is 13.0 Å². The van der Waals surface area contributed by atoms with Gasteiger partial charge in [-0.1, -0.05) is 36.4 Å². The molecule has 2 rings (SSSR count). The molecular weight excluding hydrogens is 324 g/mol. The molecule has 0 aliphatic heterocycles. The Labute approximate surface area is 145 Å². The molecule has 0 saturated carbocycles. The molecule has 0 unspecified atom stereocenters. The minimum Gasteiger partial charge on any atom is -0.457 e. The predicted molar refractivity (Wildman–Crippen MR) is 96.0 cm³/mol. The second-order valence-electron chi connectivity index (χ2n) is 5.20. The second-order valence-corrected chi connectivity index (χ2v) is 6.19. The number of benzene rings is 2. The van der Waals surface area contributed by atoms with Crippen molar-refractivity contribution in [3.05, 3.63) is 60.2 Å². The van der Waals surface area contributed by atoms with Crippen LogP contribution in [0.15, 0.2) is 54.6 Å². The number of rotatable bonds is 8. The highest BCUT2D eigenvalue weighted by Crippen LogP contribution is 2.29. The maximum Gasteiger partial charge on any atom is 0.230 e. The van der Waals surface area contributed by atoms with E-state index in [1.807, 2.05) is 61.5 Å². The van der Waals surface area contributed by atoms with Gasteiger partial charge >= 0.3 is 0 Å². The van der Waals surface area contributed by atoms with E-state index >= 15 is 0 Å². The summed E-state index contributed by atoms with van der Waals surface area (Å²) in [5.74, 6) is 1.18. The fourth-order valence-electron chi connectivity index (χ4n) is 2.15. The Bertz CT molecular complexity index is 692. The van der Waals surface area contributed by atoms with Crippen molar-refractivity contribution in [3.8, 4) is 11.5 Å². The Morgan fingerprint density at radius 3 is 2.46 bits per heavy atom. The van der Waals surface area contributed by atoms with Crippen LogP contribution >= 0.6 is 11.8 Å². The maximum atomic E-state index is 12.0. The van der Waals surface area contributed by atoms with Gasteiger partial charge in [-0.05, 0) is 25.1 Å². The third-order valence-corrected chi connectivity index (χ3v) is 4.17. The van der Waals surface area contributed by atoms with Gasteiger partial charge in [0.1, 0.15) is 11.5 Å². The molecule has 0 spiro atoms. The maximum absolute atomic E-state index is 12.0. The Balaban J connectivity index is 2.00. The molecule has 5 nitrogen and oxygen atoms in total. The number of para-hydroxylation sites is 2. The molecule has 24 heavy (non-hydrogen) atoms. The third-order valence-electron chi connectivity index (χ3n) is 3.21. The van der Waals surface area contributed by atoms with Crippen LogP contribution < -0.4 is 15.8 Å². The summed E-state index contributed by atoms with van der Waals surface area (Å²) in [6.07, 6.45) is 0. The lowest BCUT2D eigenvalue weighted by atomic mass is 10.1. The summed E-state index contributed by atoms with van der Waals surface area (Å²) in [7, 11) is 0. The Hall–Kier alpha value is -2.47. The van der Waals surface area contributed by atoms with Gasteiger partial charge in [-0.3, -0.25) is 9.59 Å². The standard InChI is InChI=1S/C18H20N2O3S/c1-13(20-18(22)12-24-11-17(19)21)15-9-5-6-10-16(15)23-14-7-3-2-4-8-14/h2-10,13H,11-12H2,1H3,(H2,19,21)(H,20,22)/t13-/m0/s1. The fraction of sp³-hybridized carbons (Fsp3) is 0.222. The van der Waals surface area contributed by atoms with Gasteiger partial charge in [0, 0.05) is 5.56 Å². The molecule has 0 fully saturated rings. The summed E-state index contributed by atoms with van der Waals surface area (Å²) in [5, 5.41) is 2.90. The minimum atomic E-state index is -0.428. The zero-order chi connectivity index (χ0) is 17.4. The van der Waals surface area contributed by atoms with Gasteiger partial charge in [0.2, 0.25) is 11.8 Å². The molecule has 0 heterocycles. The van der Waals surface area contributed by atoms with Crippen LogP contribution in [0.2, 0.25) is 0 Å². The predicted octanol–water partition coefficient (Wildman–Crippen LogP) is 2.87. The largest absolute Gasteiger partial charge is 0.457 e. The SMILES string of the molecule is C[C@H](NC(=O)CSCC(N)=O)c1ccccc1Oc1ccccc1. The number of carbonyl (C=O) groups excluding carboxylic acids is 2. The van der Waals surface area contributed by atoms with Crippen molar-refractivity contribution in [2.75, 3.05) is 11.5 Å². The molecule has 6 heteroatoms. The topological polar surface area (TPSA) is 81.4 Å². The van der Waals surface area contributed by atoms with E-state index in [9.17, 15) is 9.59 Å². The lowest BCUT2D eigenvalue weighted by Crippen LogP contribution is -2.29. The van der Waals surface area contributed by atoms with E-state index in [0.29, 0.717) is 5.75 Å². The molecule has 1 atom stereocenters. The van der Waals surface area contributed by atoms with Crippen LogP contribution in [0, 0.1) is 0 Å². The molecule has 126 valence electrons. The quantitative estimate of drug-likeness (QED) is 0.771. The third kappa shape index (κ3) is 5.62. The van der Waals surface area contributed by atoms with Crippen molar-refractivity contribution in [1.29, 1.82) is 0 Å². The molecule has 2 aromatic rings. The average Bonchev–Trinajstić information content (AvgIpc) is 2.56. The summed E-state index contributed by atoms with van der Waals surface area (Å²) >= 11 is 1.20. The van der Waals surface area contributed by atoms with Gasteiger partial charge < -0.3 is 15.8 Å². The smallest absolute Gasteiger partial charge is 0.230 e. The molecule has 2 aromatic carbocycles. The zero-order valence-corrected chi connectivity index (χ0v) is 14.2. The highest BCUT2D eigenvalue weighted by Gasteiger charge is 2.14. The van der Waals surface area contributed by atoms with E-state index in [2.05, 4.69) is 5.32 Å². The average molecular weight is 344 g/mol. The number of thioether (sulfide) groups is 1. The van der Waals surface area contributed by atoms with Crippen LogP contribution in [-0.2, 0) is 9.59 Å². The first-order valence-electron chi connectivity index (χ1n) is 7.53. The molecule has 0 radical (unpaired) electrons. The number of ether oxygens (including phenoxy) is 1. The summed E-state index contributed by atoms with van der Waals surface area (Å²) in [4.78, 5) is 22.6. The monoisotopic (exact) mass is 344 g/mol. The number of hydrogen-bond donors (Lipinski definition) is 2. The molecule has 0 aliphatic rings. The lowest BCUT2D eigenvalue weighted by molar-refractivity contribution is -0.119. The highest BCUT2D eigenvalue weighted by molar-refractivity contribution is 8.00. The number of nitrogens with two attached hydrogens (primary N) is 1. The van der Waals surface area contributed by atoms with E-state index in [4.69, 9.17) is 10.5 Å². The second kappa shape index (κ2) is 8.98. The van der Waals surface area contributed by atoms with Gasteiger partial charge in [-0.2, -0.15) is 0 Å². The Morgan fingerprint density at radius 2 is 1.75 bits per heavy atom. The molecule has 0 bridgehead atoms. The first-order valence-corrected chi connectivity index (χ1v) is 8.69. The number of hydrogen-bond acceptors (Lipinski definition) is 4. The van der Waals surface area contributed by atoms with Crippen molar-refractivity contribution in [1.82, 2.24) is 5.32 Å². The Morgan fingerprint density at radius 1 is 1.08 bits per heavy atom. The first kappa shape index (κ1) is 17.9. The molecule has 2 amide bonds. The van der Waals surface area contributed by atoms with E-state index in [-0.39, 0.29) is 23.5 Å². The minimum absolute atomic E-state index is 0.134. The van der Waals surface area contributed by atoms with Crippen molar-refractivity contribution < 1.29 is 14.3 Å². The highest BCUT2D eigenvalue weighted by atomic mass is 32.2. The molecular formula is C18H20N2O3S. The van der Waals surface area contributed by atoms with E-state index in [0.717, 1.165) is 11.3 Å². The van der Waals surface area contributed by atoms with Crippen molar-refractivity contribution in [2.24, 2.45) is 5.73 Å². The van der Waals surface area contributed by atoms with Gasteiger partial charge in [0.15, 0.2) is 0 Å². The van der Waals surface area contributed by atoms with Gasteiger partial charge in [0.05, 0.1) is 17.5 Å². The Kier molecular flexibility index (Phi) is 6.69. The van der Waals surface area contributed by atoms with E-state index in [1.165, 1.54) is 11.8 Å². The molecule has 0 aromatic heterocycles. The van der Waals surface area contributed by atoms with Gasteiger partial charge in [0.25, 0.3) is 0 Å². The van der Waals surface area contributed by atoms with Crippen LogP contribution in [0.25, 0.3) is 0 Å². The summed E-state index contributed by atoms with van der Waals surface area (Å²) in [5.41, 5.74) is 5.94. The number of amides is 2. The number of nitrogens with one attached hydrogen (secondary N) is 1. The van der Waals surface area contributed by atoms with Crippen LogP contribution in [0.5, 0.6) is 11.5 Å². The summed E-state index contributed by atoms with van der Waals surface area (Å²) < 4.78 is 5.91. The first-order chi connectivity index (χ1) is 11.6. The number of carbonyl (C=O) groups is 2. The van der Waals surface area contributed by atoms with Crippen LogP contribution in [0.3, 0.4) is 0 Å². The summed E-state index contributed by atoms with van der Waals surface area (Å²) in [6.45, 7) is 1.89. The molecule has 0 aliphatic carbocycles. The summed E-state index contributed by atoms with van der Waals surface area (Å²) in [6, 6.07) is 16.8. The van der Waals surface area contributed by atoms with Crippen molar-refractivity contribution in [3.63, 3.8) is 0 Å². The molecule has 3 N–H and O–H groups in total. The lowest BCUT2D eigenvalue weighted by Gasteiger charge is -2.18. The zero-order valence-electron chi connectivity index (χ0n) is 13.4. The van der Waals surface area contributed by atoms with E-state index in [1.54, 1.807) is 0 Å².